The van der Waals surface area contributed by atoms with Crippen LogP contribution in [-0.2, 0) is 11.2 Å². The predicted molar refractivity (Wildman–Crippen MR) is 86.1 cm³/mol. The van der Waals surface area contributed by atoms with Gasteiger partial charge in [0.05, 0.1) is 34.9 Å². The molecule has 0 amide bonds. The fourth-order valence-corrected chi connectivity index (χ4v) is 2.86. The van der Waals surface area contributed by atoms with Gasteiger partial charge in [-0.25, -0.2) is 9.78 Å². The van der Waals surface area contributed by atoms with Crippen LogP contribution in [0, 0.1) is 0 Å². The van der Waals surface area contributed by atoms with E-state index in [9.17, 15) is 14.4 Å². The molecular formula is C16H12N2O4S. The van der Waals surface area contributed by atoms with Gasteiger partial charge in [-0.2, -0.15) is 0 Å². The minimum Gasteiger partial charge on any atom is -0.465 e. The number of esters is 1. The van der Waals surface area contributed by atoms with Crippen molar-refractivity contribution in [2.24, 2.45) is 0 Å². The quantitative estimate of drug-likeness (QED) is 0.586. The molecule has 1 aromatic carbocycles. The molecule has 0 bridgehead atoms. The van der Waals surface area contributed by atoms with Gasteiger partial charge in [0.15, 0.2) is 5.78 Å². The highest BCUT2D eigenvalue weighted by molar-refractivity contribution is 7.12. The molecule has 0 aliphatic rings. The molecule has 0 aliphatic heterocycles. The van der Waals surface area contributed by atoms with Crippen molar-refractivity contribution in [1.29, 1.82) is 0 Å². The zero-order chi connectivity index (χ0) is 16.4. The molecule has 1 N–H and O–H groups in total. The van der Waals surface area contributed by atoms with Gasteiger partial charge in [-0.05, 0) is 29.6 Å². The Morgan fingerprint density at radius 1 is 1.30 bits per heavy atom. The van der Waals surface area contributed by atoms with Crippen LogP contribution in [0.3, 0.4) is 0 Å². The van der Waals surface area contributed by atoms with Crippen molar-refractivity contribution >= 4 is 34.0 Å². The number of aromatic amines is 1. The summed E-state index contributed by atoms with van der Waals surface area (Å²) in [6.07, 6.45) is -0.00581. The lowest BCUT2D eigenvalue weighted by Gasteiger charge is -2.04. The Kier molecular flexibility index (Phi) is 4.03. The monoisotopic (exact) mass is 328 g/mol. The number of hydrogen-bond donors (Lipinski definition) is 1. The number of hydrogen-bond acceptors (Lipinski definition) is 6. The van der Waals surface area contributed by atoms with Crippen LogP contribution in [0.2, 0.25) is 0 Å². The molecule has 23 heavy (non-hydrogen) atoms. The normalized spacial score (nSPS) is 10.7. The summed E-state index contributed by atoms with van der Waals surface area (Å²) in [4.78, 5) is 43.3. The van der Waals surface area contributed by atoms with Crippen LogP contribution in [-0.4, -0.2) is 28.8 Å². The SMILES string of the molecule is COC(=O)c1ccc2c(=O)[nH]c(CC(=O)c3cccs3)nc2c1. The van der Waals surface area contributed by atoms with Crippen molar-refractivity contribution in [2.75, 3.05) is 7.11 Å². The van der Waals surface area contributed by atoms with Gasteiger partial charge in [0.2, 0.25) is 0 Å². The number of carbonyl (C=O) groups is 2. The number of rotatable bonds is 4. The third-order valence-electron chi connectivity index (χ3n) is 3.30. The highest BCUT2D eigenvalue weighted by Gasteiger charge is 2.13. The number of aromatic nitrogens is 2. The Morgan fingerprint density at radius 2 is 2.13 bits per heavy atom. The number of fused-ring (bicyclic) bond motifs is 1. The number of Topliss-reactive ketones (excluding diaryl/α,β-unsaturated/α-hetero) is 1. The van der Waals surface area contributed by atoms with E-state index < -0.39 is 5.97 Å². The number of methoxy groups -OCH3 is 1. The predicted octanol–water partition coefficient (Wildman–Crippen LogP) is 2.20. The first-order chi connectivity index (χ1) is 11.1. The zero-order valence-electron chi connectivity index (χ0n) is 12.2. The molecule has 0 aliphatic carbocycles. The second-order valence-electron chi connectivity index (χ2n) is 4.81. The largest absolute Gasteiger partial charge is 0.465 e. The van der Waals surface area contributed by atoms with Crippen LogP contribution in [0.15, 0.2) is 40.5 Å². The van der Waals surface area contributed by atoms with E-state index in [0.29, 0.717) is 21.3 Å². The van der Waals surface area contributed by atoms with Crippen molar-refractivity contribution < 1.29 is 14.3 Å². The van der Waals surface area contributed by atoms with Gasteiger partial charge in [-0.3, -0.25) is 9.59 Å². The number of benzene rings is 1. The third-order valence-corrected chi connectivity index (χ3v) is 4.21. The lowest BCUT2D eigenvalue weighted by Crippen LogP contribution is -2.15. The van der Waals surface area contributed by atoms with Crippen LogP contribution < -0.4 is 5.56 Å². The van der Waals surface area contributed by atoms with Crippen LogP contribution in [0.25, 0.3) is 10.9 Å². The number of carbonyl (C=O) groups excluding carboxylic acids is 2. The highest BCUT2D eigenvalue weighted by atomic mass is 32.1. The molecule has 7 heteroatoms. The average Bonchev–Trinajstić information content (AvgIpc) is 3.08. The Labute approximate surface area is 134 Å². The average molecular weight is 328 g/mol. The van der Waals surface area contributed by atoms with Crippen LogP contribution in [0.5, 0.6) is 0 Å². The van der Waals surface area contributed by atoms with Crippen molar-refractivity contribution in [3.63, 3.8) is 0 Å². The van der Waals surface area contributed by atoms with Gasteiger partial charge in [0.1, 0.15) is 5.82 Å². The Morgan fingerprint density at radius 3 is 2.83 bits per heavy atom. The topological polar surface area (TPSA) is 89.1 Å². The van der Waals surface area contributed by atoms with E-state index in [1.165, 1.54) is 36.6 Å². The van der Waals surface area contributed by atoms with E-state index in [2.05, 4.69) is 14.7 Å². The lowest BCUT2D eigenvalue weighted by molar-refractivity contribution is 0.0600. The van der Waals surface area contributed by atoms with Gasteiger partial charge >= 0.3 is 5.97 Å². The summed E-state index contributed by atoms with van der Waals surface area (Å²) in [5, 5.41) is 2.16. The van der Waals surface area contributed by atoms with Gasteiger partial charge < -0.3 is 9.72 Å². The smallest absolute Gasteiger partial charge is 0.337 e. The first-order valence-corrected chi connectivity index (χ1v) is 7.64. The molecule has 0 saturated heterocycles. The first kappa shape index (κ1) is 15.1. The molecule has 0 radical (unpaired) electrons. The third kappa shape index (κ3) is 3.04. The number of ketones is 1. The van der Waals surface area contributed by atoms with Crippen LogP contribution in [0.1, 0.15) is 25.9 Å². The second kappa shape index (κ2) is 6.13. The molecule has 3 aromatic rings. The van der Waals surface area contributed by atoms with E-state index in [1.807, 2.05) is 5.38 Å². The van der Waals surface area contributed by atoms with Crippen LogP contribution >= 0.6 is 11.3 Å². The molecule has 3 rings (SSSR count). The summed E-state index contributed by atoms with van der Waals surface area (Å²) < 4.78 is 4.65. The molecule has 6 nitrogen and oxygen atoms in total. The molecule has 0 saturated carbocycles. The minimum absolute atomic E-state index is 0.00581. The van der Waals surface area contributed by atoms with E-state index in [-0.39, 0.29) is 23.6 Å². The Bertz CT molecular complexity index is 944. The van der Waals surface area contributed by atoms with Gasteiger partial charge in [0, 0.05) is 0 Å². The standard InChI is InChI=1S/C16H12N2O4S/c1-22-16(21)9-4-5-10-11(7-9)17-14(18-15(10)20)8-12(19)13-3-2-6-23-13/h2-7H,8H2,1H3,(H,17,18,20). The minimum atomic E-state index is -0.509. The fourth-order valence-electron chi connectivity index (χ4n) is 2.19. The second-order valence-corrected chi connectivity index (χ2v) is 5.76. The van der Waals surface area contributed by atoms with E-state index in [4.69, 9.17) is 0 Å². The number of ether oxygens (including phenoxy) is 1. The molecule has 0 spiro atoms. The van der Waals surface area contributed by atoms with Crippen LogP contribution in [0.4, 0.5) is 0 Å². The maximum Gasteiger partial charge on any atom is 0.337 e. The first-order valence-electron chi connectivity index (χ1n) is 6.76. The Balaban J connectivity index is 2.00. The van der Waals surface area contributed by atoms with Crippen molar-refractivity contribution in [3.05, 3.63) is 62.3 Å². The molecule has 0 atom stereocenters. The van der Waals surface area contributed by atoms with Crippen molar-refractivity contribution in [3.8, 4) is 0 Å². The molecule has 116 valence electrons. The number of thiophene rings is 1. The Hall–Kier alpha value is -2.80. The van der Waals surface area contributed by atoms with E-state index in [1.54, 1.807) is 12.1 Å². The fraction of sp³-hybridized carbons (Fsp3) is 0.125. The zero-order valence-corrected chi connectivity index (χ0v) is 13.0. The van der Waals surface area contributed by atoms with E-state index in [0.717, 1.165) is 0 Å². The van der Waals surface area contributed by atoms with E-state index >= 15 is 0 Å². The van der Waals surface area contributed by atoms with Gasteiger partial charge in [0.25, 0.3) is 5.56 Å². The summed E-state index contributed by atoms with van der Waals surface area (Å²) in [7, 11) is 1.28. The summed E-state index contributed by atoms with van der Waals surface area (Å²) in [5.74, 6) is -0.361. The number of nitrogens with zero attached hydrogens (tertiary/aromatic N) is 1. The van der Waals surface area contributed by atoms with Crippen molar-refractivity contribution in [2.45, 2.75) is 6.42 Å². The highest BCUT2D eigenvalue weighted by Crippen LogP contribution is 2.14. The molecular weight excluding hydrogens is 316 g/mol. The summed E-state index contributed by atoms with van der Waals surface area (Å²) in [6.45, 7) is 0. The summed E-state index contributed by atoms with van der Waals surface area (Å²) in [6, 6.07) is 8.01. The molecule has 0 fully saturated rings. The summed E-state index contributed by atoms with van der Waals surface area (Å²) in [5.41, 5.74) is 0.305. The molecule has 2 heterocycles. The maximum absolute atomic E-state index is 12.1. The number of H-pyrrole nitrogens is 1. The summed E-state index contributed by atoms with van der Waals surface area (Å²) >= 11 is 1.34. The lowest BCUT2D eigenvalue weighted by atomic mass is 10.1. The van der Waals surface area contributed by atoms with Gasteiger partial charge in [-0.15, -0.1) is 11.3 Å². The molecule has 0 unspecified atom stereocenters. The van der Waals surface area contributed by atoms with Gasteiger partial charge in [-0.1, -0.05) is 6.07 Å². The maximum atomic E-state index is 12.1. The van der Waals surface area contributed by atoms with Crippen molar-refractivity contribution in [1.82, 2.24) is 9.97 Å². The number of nitrogens with one attached hydrogen (secondary N) is 1. The molecule has 2 aromatic heterocycles.